The highest BCUT2D eigenvalue weighted by Crippen LogP contribution is 2.14. The molecule has 88 valence electrons. The van der Waals surface area contributed by atoms with E-state index in [9.17, 15) is 4.79 Å². The fraction of sp³-hybridized carbons (Fsp3) is 0.333. The van der Waals surface area contributed by atoms with Crippen molar-refractivity contribution in [3.05, 3.63) is 35.4 Å². The van der Waals surface area contributed by atoms with Gasteiger partial charge in [0, 0.05) is 6.54 Å². The van der Waals surface area contributed by atoms with Crippen LogP contribution >= 0.6 is 0 Å². The van der Waals surface area contributed by atoms with Crippen LogP contribution in [0.2, 0.25) is 0 Å². The monoisotopic (exact) mass is 232 g/mol. The molecule has 1 aromatic carbocycles. The molecule has 1 aliphatic heterocycles. The maximum Gasteiger partial charge on any atom is 0.407 e. The van der Waals surface area contributed by atoms with Crippen LogP contribution in [-0.2, 0) is 11.3 Å². The summed E-state index contributed by atoms with van der Waals surface area (Å²) in [6.07, 6.45) is -0.937. The average Bonchev–Trinajstić information content (AvgIpc) is 3.12. The van der Waals surface area contributed by atoms with Gasteiger partial charge in [0.05, 0.1) is 30.9 Å². The van der Waals surface area contributed by atoms with E-state index in [-0.39, 0.29) is 12.6 Å². The SMILES string of the molecule is N#Cc1cccc(CN(C[C@@H]2CO2)C(=O)O)c1. The molecule has 1 amide bonds. The molecule has 0 radical (unpaired) electrons. The van der Waals surface area contributed by atoms with Crippen molar-refractivity contribution in [3.8, 4) is 6.07 Å². The second-order valence-corrected chi connectivity index (χ2v) is 3.93. The number of benzene rings is 1. The van der Waals surface area contributed by atoms with Crippen LogP contribution in [0.15, 0.2) is 24.3 Å². The third-order valence-corrected chi connectivity index (χ3v) is 2.53. The highest BCUT2D eigenvalue weighted by molar-refractivity contribution is 5.65. The Morgan fingerprint density at radius 1 is 1.65 bits per heavy atom. The minimum Gasteiger partial charge on any atom is -0.465 e. The van der Waals surface area contributed by atoms with Crippen LogP contribution in [0.25, 0.3) is 0 Å². The topological polar surface area (TPSA) is 76.9 Å². The molecule has 0 aliphatic carbocycles. The van der Waals surface area contributed by atoms with Crippen LogP contribution in [0.1, 0.15) is 11.1 Å². The second kappa shape index (κ2) is 4.85. The van der Waals surface area contributed by atoms with Gasteiger partial charge in [-0.2, -0.15) is 5.26 Å². The van der Waals surface area contributed by atoms with Gasteiger partial charge in [-0.3, -0.25) is 0 Å². The molecule has 0 saturated carbocycles. The number of carboxylic acid groups (broad SMARTS) is 1. The van der Waals surface area contributed by atoms with Crippen molar-refractivity contribution in [1.29, 1.82) is 5.26 Å². The molecule has 0 spiro atoms. The molecule has 1 atom stereocenters. The molecule has 2 rings (SSSR count). The molecule has 1 saturated heterocycles. The van der Waals surface area contributed by atoms with E-state index in [4.69, 9.17) is 15.1 Å². The van der Waals surface area contributed by atoms with Gasteiger partial charge in [-0.1, -0.05) is 12.1 Å². The Hall–Kier alpha value is -2.06. The predicted molar refractivity (Wildman–Crippen MR) is 59.3 cm³/mol. The largest absolute Gasteiger partial charge is 0.465 e. The van der Waals surface area contributed by atoms with Crippen molar-refractivity contribution in [2.75, 3.05) is 13.2 Å². The van der Waals surface area contributed by atoms with Crippen molar-refractivity contribution >= 4 is 6.09 Å². The van der Waals surface area contributed by atoms with Crippen LogP contribution in [0.3, 0.4) is 0 Å². The molecule has 1 fully saturated rings. The maximum atomic E-state index is 11.0. The summed E-state index contributed by atoms with van der Waals surface area (Å²) in [6.45, 7) is 1.29. The molecule has 1 heterocycles. The van der Waals surface area contributed by atoms with Crippen molar-refractivity contribution in [1.82, 2.24) is 4.90 Å². The van der Waals surface area contributed by atoms with Crippen LogP contribution < -0.4 is 0 Å². The van der Waals surface area contributed by atoms with Gasteiger partial charge < -0.3 is 14.7 Å². The number of epoxide rings is 1. The molecule has 1 aliphatic rings. The first-order valence-electron chi connectivity index (χ1n) is 5.27. The highest BCUT2D eigenvalue weighted by Gasteiger charge is 2.27. The minimum absolute atomic E-state index is 0.0326. The lowest BCUT2D eigenvalue weighted by Crippen LogP contribution is -2.32. The molecule has 5 heteroatoms. The summed E-state index contributed by atoms with van der Waals surface area (Å²) in [5, 5.41) is 17.8. The van der Waals surface area contributed by atoms with Gasteiger partial charge in [0.2, 0.25) is 0 Å². The van der Waals surface area contributed by atoms with Crippen molar-refractivity contribution in [2.24, 2.45) is 0 Å². The summed E-state index contributed by atoms with van der Waals surface area (Å²) in [7, 11) is 0. The molecular formula is C12H12N2O3. The molecule has 17 heavy (non-hydrogen) atoms. The molecule has 1 N–H and O–H groups in total. The van der Waals surface area contributed by atoms with Crippen molar-refractivity contribution < 1.29 is 14.6 Å². The zero-order valence-corrected chi connectivity index (χ0v) is 9.17. The molecule has 5 nitrogen and oxygen atoms in total. The van der Waals surface area contributed by atoms with E-state index in [0.717, 1.165) is 5.56 Å². The number of ether oxygens (including phenoxy) is 1. The number of hydrogen-bond donors (Lipinski definition) is 1. The number of amides is 1. The Kier molecular flexibility index (Phi) is 3.26. The highest BCUT2D eigenvalue weighted by atomic mass is 16.6. The Bertz CT molecular complexity index is 463. The van der Waals surface area contributed by atoms with Crippen LogP contribution in [0, 0.1) is 11.3 Å². The first-order chi connectivity index (χ1) is 8.19. The van der Waals surface area contributed by atoms with Gasteiger partial charge >= 0.3 is 6.09 Å². The van der Waals surface area contributed by atoms with Crippen LogP contribution in [0.4, 0.5) is 4.79 Å². The Morgan fingerprint density at radius 2 is 2.41 bits per heavy atom. The number of hydrogen-bond acceptors (Lipinski definition) is 3. The van der Waals surface area contributed by atoms with E-state index in [1.54, 1.807) is 18.2 Å². The summed E-state index contributed by atoms with van der Waals surface area (Å²) < 4.78 is 5.01. The van der Waals surface area contributed by atoms with Gasteiger partial charge in [-0.05, 0) is 17.7 Å². The van der Waals surface area contributed by atoms with Gasteiger partial charge in [0.25, 0.3) is 0 Å². The van der Waals surface area contributed by atoms with E-state index in [1.165, 1.54) is 4.90 Å². The Balaban J connectivity index is 2.05. The van der Waals surface area contributed by atoms with E-state index < -0.39 is 6.09 Å². The molecule has 1 aromatic rings. The fourth-order valence-electron chi connectivity index (χ4n) is 1.59. The van der Waals surface area contributed by atoms with E-state index in [0.29, 0.717) is 18.7 Å². The number of nitrogens with zero attached hydrogens (tertiary/aromatic N) is 2. The summed E-state index contributed by atoms with van der Waals surface area (Å²) >= 11 is 0. The van der Waals surface area contributed by atoms with Gasteiger partial charge in [-0.25, -0.2) is 4.79 Å². The Labute approximate surface area is 98.8 Å². The third-order valence-electron chi connectivity index (χ3n) is 2.53. The number of carbonyl (C=O) groups is 1. The van der Waals surface area contributed by atoms with E-state index in [2.05, 4.69) is 0 Å². The predicted octanol–water partition coefficient (Wildman–Crippen LogP) is 1.44. The standard InChI is InChI=1S/C12H12N2O3/c13-5-9-2-1-3-10(4-9)6-14(12(15)16)7-11-8-17-11/h1-4,11H,6-8H2,(H,15,16)/t11-/m1/s1. The van der Waals surface area contributed by atoms with Crippen LogP contribution in [-0.4, -0.2) is 35.4 Å². The van der Waals surface area contributed by atoms with Crippen molar-refractivity contribution in [2.45, 2.75) is 12.6 Å². The van der Waals surface area contributed by atoms with Crippen LogP contribution in [0.5, 0.6) is 0 Å². The summed E-state index contributed by atoms with van der Waals surface area (Å²) in [6, 6.07) is 8.99. The minimum atomic E-state index is -0.970. The molecular weight excluding hydrogens is 220 g/mol. The second-order valence-electron chi connectivity index (χ2n) is 3.93. The van der Waals surface area contributed by atoms with E-state index in [1.807, 2.05) is 12.1 Å². The van der Waals surface area contributed by atoms with E-state index >= 15 is 0 Å². The summed E-state index contributed by atoms with van der Waals surface area (Å²) in [5.41, 5.74) is 1.35. The first-order valence-corrected chi connectivity index (χ1v) is 5.27. The first kappa shape index (κ1) is 11.4. The average molecular weight is 232 g/mol. The number of rotatable bonds is 4. The zero-order chi connectivity index (χ0) is 12.3. The lowest BCUT2D eigenvalue weighted by Gasteiger charge is -2.18. The van der Waals surface area contributed by atoms with Gasteiger partial charge in [0.15, 0.2) is 0 Å². The molecule has 0 unspecified atom stereocenters. The lowest BCUT2D eigenvalue weighted by atomic mass is 10.1. The third kappa shape index (κ3) is 3.20. The maximum absolute atomic E-state index is 11.0. The van der Waals surface area contributed by atoms with Gasteiger partial charge in [0.1, 0.15) is 0 Å². The van der Waals surface area contributed by atoms with Gasteiger partial charge in [-0.15, -0.1) is 0 Å². The zero-order valence-electron chi connectivity index (χ0n) is 9.17. The Morgan fingerprint density at radius 3 is 3.00 bits per heavy atom. The van der Waals surface area contributed by atoms with Crippen molar-refractivity contribution in [3.63, 3.8) is 0 Å². The smallest absolute Gasteiger partial charge is 0.407 e. The normalized spacial score (nSPS) is 17.2. The number of nitriles is 1. The summed E-state index contributed by atoms with van der Waals surface area (Å²) in [4.78, 5) is 12.3. The summed E-state index contributed by atoms with van der Waals surface area (Å²) in [5.74, 6) is 0. The fourth-order valence-corrected chi connectivity index (χ4v) is 1.59. The molecule has 0 bridgehead atoms. The quantitative estimate of drug-likeness (QED) is 0.797. The lowest BCUT2D eigenvalue weighted by molar-refractivity contribution is 0.137. The molecule has 0 aromatic heterocycles.